The van der Waals surface area contributed by atoms with Gasteiger partial charge in [0.05, 0.1) is 19.5 Å². The molecule has 1 N–H and O–H groups in total. The summed E-state index contributed by atoms with van der Waals surface area (Å²) in [7, 11) is 2.12. The number of alkyl halides is 3. The quantitative estimate of drug-likeness (QED) is 0.286. The van der Waals surface area contributed by atoms with Gasteiger partial charge in [-0.1, -0.05) is 24.3 Å². The normalized spacial score (nSPS) is 17.7. The molecule has 1 aromatic heterocycles. The van der Waals surface area contributed by atoms with Gasteiger partial charge in [-0.25, -0.2) is 0 Å². The summed E-state index contributed by atoms with van der Waals surface area (Å²) in [6.45, 7) is 1.60. The Bertz CT molecular complexity index is 1510. The Labute approximate surface area is 207 Å². The predicted molar refractivity (Wildman–Crippen MR) is 136 cm³/mol. The van der Waals surface area contributed by atoms with Crippen LogP contribution >= 0.6 is 0 Å². The molecule has 0 spiro atoms. The molecule has 1 aliphatic rings. The molecule has 0 radical (unpaired) electrons. The number of nitrogens with one attached hydrogen (secondary N) is 1. The van der Waals surface area contributed by atoms with Crippen LogP contribution in [-0.2, 0) is 6.42 Å². The molecular weight excluding hydrogens is 463 g/mol. The topological polar surface area (TPSA) is 48.8 Å². The Morgan fingerprint density at radius 1 is 1.06 bits per heavy atom. The van der Waals surface area contributed by atoms with Crippen molar-refractivity contribution in [1.29, 1.82) is 5.26 Å². The number of benzene rings is 3. The van der Waals surface area contributed by atoms with E-state index in [0.29, 0.717) is 16.5 Å². The van der Waals surface area contributed by atoms with E-state index in [2.05, 4.69) is 47.2 Å². The molecule has 7 heteroatoms. The highest BCUT2D eigenvalue weighted by molar-refractivity contribution is 5.83. The van der Waals surface area contributed by atoms with Crippen LogP contribution in [0.25, 0.3) is 28.1 Å². The van der Waals surface area contributed by atoms with Crippen LogP contribution in [0, 0.1) is 18.3 Å². The number of nitrogens with zero attached hydrogens (tertiary/aromatic N) is 2. The number of para-hydroxylation sites is 1. The van der Waals surface area contributed by atoms with Gasteiger partial charge in [0.1, 0.15) is 23.7 Å². The van der Waals surface area contributed by atoms with Crippen molar-refractivity contribution < 1.29 is 17.9 Å². The van der Waals surface area contributed by atoms with E-state index in [1.807, 2.05) is 36.5 Å². The number of likely N-dealkylation sites (N-methyl/N-ethyl adjacent to an activating group) is 1. The van der Waals surface area contributed by atoms with Gasteiger partial charge in [-0.05, 0) is 59.5 Å². The third-order valence-electron chi connectivity index (χ3n) is 7.06. The summed E-state index contributed by atoms with van der Waals surface area (Å²) in [5.41, 5.74) is 6.51. The molecule has 0 fully saturated rings. The van der Waals surface area contributed by atoms with Crippen LogP contribution in [-0.4, -0.2) is 24.4 Å². The van der Waals surface area contributed by atoms with Crippen molar-refractivity contribution in [3.05, 3.63) is 89.8 Å². The highest BCUT2D eigenvalue weighted by Crippen LogP contribution is 2.41. The second kappa shape index (κ2) is 8.89. The Hall–Kier alpha value is -4.02. The zero-order chi connectivity index (χ0) is 25.5. The fourth-order valence-electron chi connectivity index (χ4n) is 5.12. The van der Waals surface area contributed by atoms with E-state index < -0.39 is 6.36 Å². The van der Waals surface area contributed by atoms with Crippen LogP contribution in [0.5, 0.6) is 5.75 Å². The maximum Gasteiger partial charge on any atom is 0.573 e. The number of aryl methyl sites for hydroxylation is 1. The first kappa shape index (κ1) is 23.7. The maximum atomic E-state index is 12.6. The maximum absolute atomic E-state index is 12.6. The number of hydrogen-bond donors (Lipinski definition) is 1. The van der Waals surface area contributed by atoms with Gasteiger partial charge in [-0.2, -0.15) is 5.26 Å². The molecule has 4 aromatic rings. The SMILES string of the molecule is Cc1cc(-c2ccc3c(c2)C=C[N+]3(C)C(CC#N)Cc2c[nH]c3ccccc23)ccc1OC(F)(F)F. The lowest BCUT2D eigenvalue weighted by molar-refractivity contribution is -0.274. The standard InChI is InChI=1S/C29H25F3N3O/c1-19-15-20(8-10-28(19)36-29(30,31)32)21-7-9-27-22(16-21)12-14-35(27,2)24(11-13-33)17-23-18-34-26-6-4-3-5-25(23)26/h3-10,12,14-16,18,24,34H,11,17H2,1-2H3/q+1. The Morgan fingerprint density at radius 2 is 1.81 bits per heavy atom. The molecule has 0 amide bonds. The number of H-pyrrole nitrogens is 1. The lowest BCUT2D eigenvalue weighted by Gasteiger charge is -2.35. The van der Waals surface area contributed by atoms with Crippen molar-refractivity contribution in [2.45, 2.75) is 32.2 Å². The minimum atomic E-state index is -4.72. The summed E-state index contributed by atoms with van der Waals surface area (Å²) in [4.78, 5) is 3.33. The van der Waals surface area contributed by atoms with Gasteiger partial charge in [0.15, 0.2) is 0 Å². The van der Waals surface area contributed by atoms with E-state index in [0.717, 1.165) is 34.3 Å². The van der Waals surface area contributed by atoms with E-state index in [4.69, 9.17) is 0 Å². The Kier molecular flexibility index (Phi) is 5.85. The number of rotatable bonds is 6. The first-order chi connectivity index (χ1) is 17.2. The number of halogens is 3. The van der Waals surface area contributed by atoms with Crippen LogP contribution in [0.3, 0.4) is 0 Å². The zero-order valence-electron chi connectivity index (χ0n) is 19.9. The molecule has 182 valence electrons. The van der Waals surface area contributed by atoms with Crippen LogP contribution < -0.4 is 9.22 Å². The first-order valence-electron chi connectivity index (χ1n) is 11.7. The lowest BCUT2D eigenvalue weighted by Crippen LogP contribution is -2.48. The van der Waals surface area contributed by atoms with Gasteiger partial charge in [-0.3, -0.25) is 4.48 Å². The molecule has 0 saturated heterocycles. The number of ether oxygens (including phenoxy) is 1. The minimum absolute atomic E-state index is 0.0126. The number of fused-ring (bicyclic) bond motifs is 2. The molecule has 0 saturated carbocycles. The summed E-state index contributed by atoms with van der Waals surface area (Å²) in [6, 6.07) is 21.3. The van der Waals surface area contributed by atoms with Crippen LogP contribution in [0.1, 0.15) is 23.1 Å². The number of quaternary nitrogens is 1. The molecule has 2 unspecified atom stereocenters. The molecule has 4 nitrogen and oxygen atoms in total. The van der Waals surface area contributed by atoms with Gasteiger partial charge in [-0.15, -0.1) is 13.2 Å². The summed E-state index contributed by atoms with van der Waals surface area (Å²) < 4.78 is 42.5. The number of aromatic nitrogens is 1. The van der Waals surface area contributed by atoms with Crippen molar-refractivity contribution >= 4 is 22.7 Å². The number of hydrogen-bond acceptors (Lipinski definition) is 2. The van der Waals surface area contributed by atoms with Crippen molar-refractivity contribution in [3.63, 3.8) is 0 Å². The highest BCUT2D eigenvalue weighted by Gasteiger charge is 2.39. The van der Waals surface area contributed by atoms with Gasteiger partial charge in [0.2, 0.25) is 0 Å². The Morgan fingerprint density at radius 3 is 2.56 bits per heavy atom. The monoisotopic (exact) mass is 488 g/mol. The van der Waals surface area contributed by atoms with Crippen LogP contribution in [0.2, 0.25) is 0 Å². The molecule has 2 heterocycles. The third-order valence-corrected chi connectivity index (χ3v) is 7.06. The van der Waals surface area contributed by atoms with Crippen molar-refractivity contribution in [1.82, 2.24) is 9.47 Å². The number of aromatic amines is 1. The van der Waals surface area contributed by atoms with Gasteiger partial charge < -0.3 is 9.72 Å². The van der Waals surface area contributed by atoms with E-state index in [-0.39, 0.29) is 11.8 Å². The molecule has 0 bridgehead atoms. The largest absolute Gasteiger partial charge is 0.573 e. The van der Waals surface area contributed by atoms with Crippen molar-refractivity contribution in [2.75, 3.05) is 7.05 Å². The second-order valence-electron chi connectivity index (χ2n) is 9.34. The van der Waals surface area contributed by atoms with Gasteiger partial charge in [0.25, 0.3) is 0 Å². The van der Waals surface area contributed by atoms with E-state index in [1.165, 1.54) is 17.0 Å². The highest BCUT2D eigenvalue weighted by atomic mass is 19.4. The van der Waals surface area contributed by atoms with Crippen LogP contribution in [0.15, 0.2) is 73.1 Å². The van der Waals surface area contributed by atoms with E-state index >= 15 is 0 Å². The average molecular weight is 489 g/mol. The fraction of sp³-hybridized carbons (Fsp3) is 0.207. The molecule has 2 atom stereocenters. The Balaban J connectivity index is 1.45. The fourth-order valence-corrected chi connectivity index (χ4v) is 5.12. The summed E-state index contributed by atoms with van der Waals surface area (Å²) >= 11 is 0. The van der Waals surface area contributed by atoms with Gasteiger partial charge in [0, 0.05) is 41.2 Å². The van der Waals surface area contributed by atoms with Crippen LogP contribution in [0.4, 0.5) is 18.9 Å². The van der Waals surface area contributed by atoms with E-state index in [1.54, 1.807) is 19.1 Å². The molecule has 36 heavy (non-hydrogen) atoms. The lowest BCUT2D eigenvalue weighted by atomic mass is 9.97. The van der Waals surface area contributed by atoms with Gasteiger partial charge >= 0.3 is 6.36 Å². The predicted octanol–water partition coefficient (Wildman–Crippen LogP) is 7.49. The molecule has 0 aliphatic carbocycles. The minimum Gasteiger partial charge on any atom is -0.406 e. The van der Waals surface area contributed by atoms with E-state index in [9.17, 15) is 18.4 Å². The molecular formula is C29H25F3N3O+. The second-order valence-corrected chi connectivity index (χ2v) is 9.34. The molecule has 3 aromatic carbocycles. The number of nitriles is 1. The molecule has 5 rings (SSSR count). The smallest absolute Gasteiger partial charge is 0.406 e. The molecule has 1 aliphatic heterocycles. The third kappa shape index (κ3) is 4.36. The van der Waals surface area contributed by atoms with Crippen molar-refractivity contribution in [3.8, 4) is 22.9 Å². The summed E-state index contributed by atoms with van der Waals surface area (Å²) in [5, 5.41) is 10.8. The van der Waals surface area contributed by atoms with Crippen molar-refractivity contribution in [2.24, 2.45) is 0 Å². The summed E-state index contributed by atoms with van der Waals surface area (Å²) in [5.74, 6) is -0.201. The first-order valence-corrected chi connectivity index (χ1v) is 11.7. The zero-order valence-corrected chi connectivity index (χ0v) is 19.9. The summed E-state index contributed by atoms with van der Waals surface area (Å²) in [6.07, 6.45) is 2.61. The average Bonchev–Trinajstić information content (AvgIpc) is 3.41.